The summed E-state index contributed by atoms with van der Waals surface area (Å²) in [5, 5.41) is 11.0. The Kier molecular flexibility index (Phi) is 4.62. The van der Waals surface area contributed by atoms with Gasteiger partial charge in [-0.25, -0.2) is 0 Å². The number of hydrogen-bond donors (Lipinski definition) is 1. The average molecular weight is 400 g/mol. The van der Waals surface area contributed by atoms with Crippen LogP contribution in [0.2, 0.25) is 0 Å². The maximum absolute atomic E-state index is 12.7. The van der Waals surface area contributed by atoms with Crippen molar-refractivity contribution in [3.63, 3.8) is 0 Å². The molecule has 2 heterocycles. The Balaban J connectivity index is 1.91. The molecule has 0 bridgehead atoms. The van der Waals surface area contributed by atoms with Crippen molar-refractivity contribution in [2.75, 3.05) is 11.4 Å². The van der Waals surface area contributed by atoms with Crippen molar-refractivity contribution in [1.29, 1.82) is 0 Å². The van der Waals surface area contributed by atoms with E-state index in [0.29, 0.717) is 21.5 Å². The zero-order chi connectivity index (χ0) is 18.0. The molecule has 1 aromatic carbocycles. The van der Waals surface area contributed by atoms with Gasteiger partial charge in [0.1, 0.15) is 5.76 Å². The summed E-state index contributed by atoms with van der Waals surface area (Å²) in [6.07, 6.45) is 9.21. The van der Waals surface area contributed by atoms with Crippen LogP contribution in [0.1, 0.15) is 17.7 Å². The monoisotopic (exact) mass is 399 g/mol. The molecule has 1 atom stereocenters. The number of anilines is 1. The van der Waals surface area contributed by atoms with E-state index in [2.05, 4.69) is 21.9 Å². The van der Waals surface area contributed by atoms with Gasteiger partial charge in [-0.3, -0.25) is 14.5 Å². The van der Waals surface area contributed by atoms with E-state index in [0.717, 1.165) is 0 Å². The van der Waals surface area contributed by atoms with Crippen molar-refractivity contribution in [3.8, 4) is 12.3 Å². The standard InChI is InChI=1S/C19H14BrNO4/c1-2-9-21-17-8-5-13(20)11-16(17)19(24,18(21)23)12-14(22)6-7-15-4-3-10-25-15/h1,3-8,10-11,24H,9,12H2. The molecule has 1 unspecified atom stereocenters. The Bertz CT molecular complexity index is 895. The van der Waals surface area contributed by atoms with Crippen LogP contribution < -0.4 is 4.90 Å². The number of amides is 1. The first-order valence-electron chi connectivity index (χ1n) is 7.48. The van der Waals surface area contributed by atoms with Crippen LogP contribution in [0.15, 0.2) is 51.6 Å². The van der Waals surface area contributed by atoms with E-state index in [9.17, 15) is 14.7 Å². The summed E-state index contributed by atoms with van der Waals surface area (Å²) in [5.41, 5.74) is -1.07. The number of hydrogen-bond acceptors (Lipinski definition) is 4. The summed E-state index contributed by atoms with van der Waals surface area (Å²) in [6.45, 7) is 0.0200. The molecule has 1 amide bonds. The number of nitrogens with zero attached hydrogens (tertiary/aromatic N) is 1. The fourth-order valence-corrected chi connectivity index (χ4v) is 3.18. The third-order valence-electron chi connectivity index (χ3n) is 3.95. The predicted octanol–water partition coefficient (Wildman–Crippen LogP) is 2.88. The van der Waals surface area contributed by atoms with Gasteiger partial charge in [-0.15, -0.1) is 6.42 Å². The number of rotatable bonds is 5. The van der Waals surface area contributed by atoms with Crippen molar-refractivity contribution >= 4 is 39.4 Å². The van der Waals surface area contributed by atoms with Crippen LogP contribution in [-0.2, 0) is 15.2 Å². The molecule has 1 N–H and O–H groups in total. The van der Waals surface area contributed by atoms with E-state index < -0.39 is 17.3 Å². The van der Waals surface area contributed by atoms with E-state index in [1.165, 1.54) is 23.3 Å². The van der Waals surface area contributed by atoms with Gasteiger partial charge < -0.3 is 9.52 Å². The number of terminal acetylenes is 1. The first kappa shape index (κ1) is 17.2. The summed E-state index contributed by atoms with van der Waals surface area (Å²) >= 11 is 3.33. The van der Waals surface area contributed by atoms with Gasteiger partial charge in [0.05, 0.1) is 24.9 Å². The first-order chi connectivity index (χ1) is 12.0. The van der Waals surface area contributed by atoms with Crippen molar-refractivity contribution in [1.82, 2.24) is 0 Å². The maximum atomic E-state index is 12.7. The highest BCUT2D eigenvalue weighted by Gasteiger charge is 2.50. The summed E-state index contributed by atoms with van der Waals surface area (Å²) in [6, 6.07) is 8.47. The van der Waals surface area contributed by atoms with Crippen molar-refractivity contribution in [2.24, 2.45) is 0 Å². The van der Waals surface area contributed by atoms with E-state index in [1.807, 2.05) is 0 Å². The lowest BCUT2D eigenvalue weighted by atomic mass is 9.90. The van der Waals surface area contributed by atoms with Crippen LogP contribution in [0, 0.1) is 12.3 Å². The lowest BCUT2D eigenvalue weighted by Gasteiger charge is -2.21. The summed E-state index contributed by atoms with van der Waals surface area (Å²) in [7, 11) is 0. The number of allylic oxidation sites excluding steroid dienone is 1. The number of aliphatic hydroxyl groups is 1. The Morgan fingerprint density at radius 1 is 1.44 bits per heavy atom. The van der Waals surface area contributed by atoms with Crippen LogP contribution in [0.5, 0.6) is 0 Å². The molecule has 2 aromatic rings. The molecule has 6 heteroatoms. The second kappa shape index (κ2) is 6.71. The third kappa shape index (κ3) is 3.16. The number of carbonyl (C=O) groups excluding carboxylic acids is 2. The van der Waals surface area contributed by atoms with E-state index in [-0.39, 0.29) is 13.0 Å². The molecule has 25 heavy (non-hydrogen) atoms. The molecule has 0 saturated heterocycles. The van der Waals surface area contributed by atoms with Crippen LogP contribution in [0.25, 0.3) is 6.08 Å². The van der Waals surface area contributed by atoms with Gasteiger partial charge in [0.25, 0.3) is 5.91 Å². The lowest BCUT2D eigenvalue weighted by molar-refractivity contribution is -0.140. The zero-order valence-corrected chi connectivity index (χ0v) is 14.7. The molecule has 5 nitrogen and oxygen atoms in total. The van der Waals surface area contributed by atoms with Gasteiger partial charge in [-0.2, -0.15) is 0 Å². The van der Waals surface area contributed by atoms with Gasteiger partial charge in [0.2, 0.25) is 0 Å². The van der Waals surface area contributed by atoms with Gasteiger partial charge in [-0.1, -0.05) is 21.9 Å². The number of furan rings is 1. The van der Waals surface area contributed by atoms with Crippen LogP contribution in [-0.4, -0.2) is 23.3 Å². The minimum atomic E-state index is -1.94. The van der Waals surface area contributed by atoms with Crippen LogP contribution in [0.4, 0.5) is 5.69 Å². The van der Waals surface area contributed by atoms with Crippen LogP contribution >= 0.6 is 15.9 Å². The number of benzene rings is 1. The predicted molar refractivity (Wildman–Crippen MR) is 96.6 cm³/mol. The van der Waals surface area contributed by atoms with Gasteiger partial charge in [-0.05, 0) is 42.5 Å². The third-order valence-corrected chi connectivity index (χ3v) is 4.44. The fourth-order valence-electron chi connectivity index (χ4n) is 2.81. The molecule has 1 aromatic heterocycles. The highest BCUT2D eigenvalue weighted by atomic mass is 79.9. The van der Waals surface area contributed by atoms with E-state index in [1.54, 1.807) is 30.3 Å². The van der Waals surface area contributed by atoms with Crippen molar-refractivity contribution in [2.45, 2.75) is 12.0 Å². The van der Waals surface area contributed by atoms with Gasteiger partial charge in [0, 0.05) is 10.0 Å². The summed E-state index contributed by atoms with van der Waals surface area (Å²) < 4.78 is 5.81. The minimum Gasteiger partial charge on any atom is -0.465 e. The molecule has 1 aliphatic heterocycles. The Morgan fingerprint density at radius 3 is 2.92 bits per heavy atom. The molecule has 3 rings (SSSR count). The second-order valence-electron chi connectivity index (χ2n) is 5.61. The molecular formula is C19H14BrNO4. The highest BCUT2D eigenvalue weighted by molar-refractivity contribution is 9.10. The van der Waals surface area contributed by atoms with E-state index >= 15 is 0 Å². The summed E-state index contributed by atoms with van der Waals surface area (Å²) in [5.74, 6) is 1.91. The highest BCUT2D eigenvalue weighted by Crippen LogP contribution is 2.43. The fraction of sp³-hybridized carbons (Fsp3) is 0.158. The topological polar surface area (TPSA) is 70.8 Å². The first-order valence-corrected chi connectivity index (χ1v) is 8.27. The zero-order valence-electron chi connectivity index (χ0n) is 13.1. The largest absolute Gasteiger partial charge is 0.465 e. The van der Waals surface area contributed by atoms with Gasteiger partial charge in [0.15, 0.2) is 11.4 Å². The number of carbonyl (C=O) groups is 2. The molecular weight excluding hydrogens is 386 g/mol. The number of ketones is 1. The van der Waals surface area contributed by atoms with Crippen molar-refractivity contribution in [3.05, 3.63) is 58.5 Å². The molecule has 1 aliphatic rings. The molecule has 0 fully saturated rings. The molecule has 0 spiro atoms. The second-order valence-corrected chi connectivity index (χ2v) is 6.52. The number of fused-ring (bicyclic) bond motifs is 1. The molecule has 0 radical (unpaired) electrons. The maximum Gasteiger partial charge on any atom is 0.265 e. The SMILES string of the molecule is C#CCN1C(=O)C(O)(CC(=O)C=Cc2ccco2)c2cc(Br)ccc21. The van der Waals surface area contributed by atoms with Crippen LogP contribution in [0.3, 0.4) is 0 Å². The average Bonchev–Trinajstić information content (AvgIpc) is 3.16. The quantitative estimate of drug-likeness (QED) is 0.619. The Labute approximate surface area is 153 Å². The molecule has 0 saturated carbocycles. The van der Waals surface area contributed by atoms with Gasteiger partial charge >= 0.3 is 0 Å². The molecule has 0 aliphatic carbocycles. The lowest BCUT2D eigenvalue weighted by Crippen LogP contribution is -2.41. The Hall–Kier alpha value is -2.62. The number of halogens is 1. The smallest absolute Gasteiger partial charge is 0.265 e. The normalized spacial score (nSPS) is 19.2. The van der Waals surface area contributed by atoms with E-state index in [4.69, 9.17) is 10.8 Å². The molecule has 126 valence electrons. The minimum absolute atomic E-state index is 0.0200. The Morgan fingerprint density at radius 2 is 2.24 bits per heavy atom. The summed E-state index contributed by atoms with van der Waals surface area (Å²) in [4.78, 5) is 26.3. The van der Waals surface area contributed by atoms with Crippen molar-refractivity contribution < 1.29 is 19.1 Å².